The maximum absolute atomic E-state index is 14.3. The predicted octanol–water partition coefficient (Wildman–Crippen LogP) is 3.14. The number of nitrogens with zero attached hydrogens (tertiary/aromatic N) is 2. The molecular formula is C19H25FN4O2. The number of fused-ring (bicyclic) bond motifs is 1. The summed E-state index contributed by atoms with van der Waals surface area (Å²) in [5.74, 6) is 0.670. The van der Waals surface area contributed by atoms with Crippen molar-refractivity contribution in [3.63, 3.8) is 0 Å². The molecule has 1 aliphatic heterocycles. The molecule has 2 fully saturated rings. The Hall–Kier alpha value is -2.15. The van der Waals surface area contributed by atoms with Crippen LogP contribution in [-0.4, -0.2) is 52.3 Å². The lowest BCUT2D eigenvalue weighted by Gasteiger charge is -2.25. The van der Waals surface area contributed by atoms with Crippen LogP contribution >= 0.6 is 0 Å². The Morgan fingerprint density at radius 2 is 2.08 bits per heavy atom. The Labute approximate surface area is 152 Å². The smallest absolute Gasteiger partial charge is 0.317 e. The second kappa shape index (κ2) is 7.61. The van der Waals surface area contributed by atoms with Crippen molar-refractivity contribution in [3.05, 3.63) is 30.1 Å². The third-order valence-electron chi connectivity index (χ3n) is 5.29. The molecule has 1 saturated carbocycles. The topological polar surface area (TPSA) is 70.2 Å². The van der Waals surface area contributed by atoms with E-state index in [9.17, 15) is 9.18 Å². The number of alkyl halides is 1. The van der Waals surface area contributed by atoms with E-state index in [1.54, 1.807) is 0 Å². The van der Waals surface area contributed by atoms with Gasteiger partial charge in [0.1, 0.15) is 24.7 Å². The fourth-order valence-electron chi connectivity index (χ4n) is 3.83. The molecule has 1 aromatic heterocycles. The molecule has 6 nitrogen and oxygen atoms in total. The van der Waals surface area contributed by atoms with E-state index in [1.807, 2.05) is 24.3 Å². The second-order valence-electron chi connectivity index (χ2n) is 7.26. The van der Waals surface area contributed by atoms with E-state index < -0.39 is 12.3 Å². The van der Waals surface area contributed by atoms with Crippen LogP contribution in [0.2, 0.25) is 0 Å². The highest BCUT2D eigenvalue weighted by molar-refractivity contribution is 5.75. The fourth-order valence-corrected chi connectivity index (χ4v) is 3.83. The van der Waals surface area contributed by atoms with Gasteiger partial charge in [0, 0.05) is 6.04 Å². The number of aromatic nitrogens is 2. The molecule has 0 radical (unpaired) electrons. The monoisotopic (exact) mass is 360 g/mol. The maximum Gasteiger partial charge on any atom is 0.317 e. The van der Waals surface area contributed by atoms with E-state index >= 15 is 0 Å². The van der Waals surface area contributed by atoms with Crippen LogP contribution in [-0.2, 0) is 11.3 Å². The molecular weight excluding hydrogens is 335 g/mol. The first-order chi connectivity index (χ1) is 12.7. The molecule has 140 valence electrons. The summed E-state index contributed by atoms with van der Waals surface area (Å²) in [4.78, 5) is 21.5. The number of amides is 2. The maximum atomic E-state index is 14.3. The first-order valence-corrected chi connectivity index (χ1v) is 9.44. The number of ether oxygens (including phenoxy) is 1. The molecule has 0 unspecified atom stereocenters. The zero-order chi connectivity index (χ0) is 17.9. The van der Waals surface area contributed by atoms with Crippen molar-refractivity contribution in [2.24, 2.45) is 0 Å². The van der Waals surface area contributed by atoms with Gasteiger partial charge >= 0.3 is 6.03 Å². The molecule has 1 aromatic carbocycles. The molecule has 26 heavy (non-hydrogen) atoms. The molecule has 2 N–H and O–H groups in total. The third-order valence-corrected chi connectivity index (χ3v) is 5.29. The average Bonchev–Trinajstić information content (AvgIpc) is 3.23. The minimum Gasteiger partial charge on any atom is -0.365 e. The van der Waals surface area contributed by atoms with Crippen molar-refractivity contribution in [1.82, 2.24) is 20.2 Å². The van der Waals surface area contributed by atoms with Gasteiger partial charge in [-0.2, -0.15) is 0 Å². The predicted molar refractivity (Wildman–Crippen MR) is 96.5 cm³/mol. The minimum atomic E-state index is -1.17. The molecule has 7 heteroatoms. The van der Waals surface area contributed by atoms with E-state index in [-0.39, 0.29) is 31.8 Å². The van der Waals surface area contributed by atoms with Gasteiger partial charge in [0.2, 0.25) is 0 Å². The number of para-hydroxylation sites is 2. The van der Waals surface area contributed by atoms with E-state index in [1.165, 1.54) is 11.3 Å². The zero-order valence-corrected chi connectivity index (χ0v) is 14.8. The van der Waals surface area contributed by atoms with Crippen molar-refractivity contribution in [3.8, 4) is 0 Å². The van der Waals surface area contributed by atoms with E-state index in [0.29, 0.717) is 5.82 Å². The van der Waals surface area contributed by atoms with Gasteiger partial charge in [0.05, 0.1) is 24.1 Å². The Morgan fingerprint density at radius 1 is 1.27 bits per heavy atom. The molecule has 2 heterocycles. The number of hydrogen-bond acceptors (Lipinski definition) is 3. The SMILES string of the molecule is O=C(NC1CCCCC1)N1C[C@@H](F)[C@@H](OCc2nc3ccccc3[nH]2)C1. The van der Waals surface area contributed by atoms with Crippen molar-refractivity contribution in [2.45, 2.75) is 57.0 Å². The number of rotatable bonds is 4. The van der Waals surface area contributed by atoms with E-state index in [2.05, 4.69) is 15.3 Å². The largest absolute Gasteiger partial charge is 0.365 e. The Kier molecular flexibility index (Phi) is 5.06. The number of H-pyrrole nitrogens is 1. The number of nitrogens with one attached hydrogen (secondary N) is 2. The number of likely N-dealkylation sites (tertiary alicyclic amines) is 1. The van der Waals surface area contributed by atoms with Crippen molar-refractivity contribution < 1.29 is 13.9 Å². The van der Waals surface area contributed by atoms with Gasteiger partial charge in [-0.05, 0) is 25.0 Å². The van der Waals surface area contributed by atoms with Crippen LogP contribution < -0.4 is 5.32 Å². The molecule has 4 rings (SSSR count). The summed E-state index contributed by atoms with van der Waals surface area (Å²) in [6.07, 6.45) is 3.80. The van der Waals surface area contributed by atoms with Gasteiger partial charge in [-0.3, -0.25) is 0 Å². The summed E-state index contributed by atoms with van der Waals surface area (Å²) in [6, 6.07) is 7.77. The summed E-state index contributed by atoms with van der Waals surface area (Å²) < 4.78 is 20.0. The van der Waals surface area contributed by atoms with Gasteiger partial charge in [0.25, 0.3) is 0 Å². The number of imidazole rings is 1. The number of hydrogen-bond donors (Lipinski definition) is 2. The Balaban J connectivity index is 1.29. The second-order valence-corrected chi connectivity index (χ2v) is 7.26. The molecule has 1 aliphatic carbocycles. The number of benzene rings is 1. The van der Waals surface area contributed by atoms with Crippen molar-refractivity contribution in [1.29, 1.82) is 0 Å². The van der Waals surface area contributed by atoms with Gasteiger partial charge in [0.15, 0.2) is 0 Å². The highest BCUT2D eigenvalue weighted by atomic mass is 19.1. The van der Waals surface area contributed by atoms with Crippen LogP contribution in [0.5, 0.6) is 0 Å². The summed E-state index contributed by atoms with van der Waals surface area (Å²) in [5, 5.41) is 3.04. The lowest BCUT2D eigenvalue weighted by molar-refractivity contribution is 0.00948. The fraction of sp³-hybridized carbons (Fsp3) is 0.579. The van der Waals surface area contributed by atoms with Crippen LogP contribution in [0.15, 0.2) is 24.3 Å². The molecule has 0 bridgehead atoms. The van der Waals surface area contributed by atoms with Gasteiger partial charge < -0.3 is 19.9 Å². The number of carbonyl (C=O) groups is 1. The van der Waals surface area contributed by atoms with Crippen LogP contribution in [0.4, 0.5) is 9.18 Å². The highest BCUT2D eigenvalue weighted by Crippen LogP contribution is 2.21. The molecule has 1 saturated heterocycles. The first kappa shape index (κ1) is 17.3. The van der Waals surface area contributed by atoms with Crippen LogP contribution in [0.3, 0.4) is 0 Å². The van der Waals surface area contributed by atoms with Crippen LogP contribution in [0.1, 0.15) is 37.9 Å². The van der Waals surface area contributed by atoms with Gasteiger partial charge in [-0.25, -0.2) is 14.2 Å². The van der Waals surface area contributed by atoms with Gasteiger partial charge in [-0.1, -0.05) is 31.4 Å². The zero-order valence-electron chi connectivity index (χ0n) is 14.8. The van der Waals surface area contributed by atoms with Crippen LogP contribution in [0.25, 0.3) is 11.0 Å². The average molecular weight is 360 g/mol. The lowest BCUT2D eigenvalue weighted by Crippen LogP contribution is -2.45. The minimum absolute atomic E-state index is 0.0867. The Bertz CT molecular complexity index is 726. The summed E-state index contributed by atoms with van der Waals surface area (Å²) >= 11 is 0. The normalized spacial score (nSPS) is 24.3. The molecule has 2 aromatic rings. The summed E-state index contributed by atoms with van der Waals surface area (Å²) in [6.45, 7) is 0.571. The number of aromatic amines is 1. The molecule has 2 atom stereocenters. The Morgan fingerprint density at radius 3 is 2.88 bits per heavy atom. The summed E-state index contributed by atoms with van der Waals surface area (Å²) in [5.41, 5.74) is 1.80. The van der Waals surface area contributed by atoms with Crippen LogP contribution in [0, 0.1) is 0 Å². The summed E-state index contributed by atoms with van der Waals surface area (Å²) in [7, 11) is 0. The number of halogens is 1. The van der Waals surface area contributed by atoms with Crippen molar-refractivity contribution >= 4 is 17.1 Å². The molecule has 0 spiro atoms. The third kappa shape index (κ3) is 3.82. The molecule has 2 aliphatic rings. The van der Waals surface area contributed by atoms with Gasteiger partial charge in [-0.15, -0.1) is 0 Å². The quantitative estimate of drug-likeness (QED) is 0.880. The van der Waals surface area contributed by atoms with E-state index in [4.69, 9.17) is 4.74 Å². The highest BCUT2D eigenvalue weighted by Gasteiger charge is 2.37. The lowest BCUT2D eigenvalue weighted by atomic mass is 9.96. The standard InChI is InChI=1S/C19H25FN4O2/c20-14-10-24(19(25)21-13-6-2-1-3-7-13)11-17(14)26-12-18-22-15-8-4-5-9-16(15)23-18/h4-5,8-9,13-14,17H,1-3,6-7,10-12H2,(H,21,25)(H,22,23)/t14-,17+/m1/s1. The number of carbonyl (C=O) groups excluding carboxylic acids is 1. The van der Waals surface area contributed by atoms with E-state index in [0.717, 1.165) is 36.7 Å². The van der Waals surface area contributed by atoms with Crippen molar-refractivity contribution in [2.75, 3.05) is 13.1 Å². The number of urea groups is 1. The first-order valence-electron chi connectivity index (χ1n) is 9.44. The molecule has 2 amide bonds.